The van der Waals surface area contributed by atoms with Gasteiger partial charge in [0.15, 0.2) is 0 Å². The van der Waals surface area contributed by atoms with Crippen molar-refractivity contribution in [3.63, 3.8) is 0 Å². The Morgan fingerprint density at radius 2 is 1.03 bits per heavy atom. The molecule has 0 spiro atoms. The van der Waals surface area contributed by atoms with Gasteiger partial charge in [-0.3, -0.25) is 0 Å². The van der Waals surface area contributed by atoms with Crippen molar-refractivity contribution in [2.24, 2.45) is 0 Å². The molecule has 1 atom stereocenters. The summed E-state index contributed by atoms with van der Waals surface area (Å²) >= 11 is 0. The SMILES string of the molecule is C1=CC(c2cccc(-c3ccc4ccccc4c3)c2)CC=C1N(c1ccc(-c2cc3ccccc3c3ccccc23)cc1)c1ccccc1-c1ccc2oc3cc4ccccc4cc3c2c1. The van der Waals surface area contributed by atoms with Crippen LogP contribution < -0.4 is 4.90 Å². The molecule has 2 nitrogen and oxygen atoms in total. The van der Waals surface area contributed by atoms with E-state index in [2.05, 4.69) is 248 Å². The number of fused-ring (bicyclic) bond motifs is 8. The fraction of sp³-hybridized carbons (Fsp3) is 0.0312. The molecule has 66 heavy (non-hydrogen) atoms. The van der Waals surface area contributed by atoms with E-state index in [0.29, 0.717) is 0 Å². The van der Waals surface area contributed by atoms with Crippen LogP contribution in [0.15, 0.2) is 253 Å². The van der Waals surface area contributed by atoms with Gasteiger partial charge in [0.2, 0.25) is 0 Å². The van der Waals surface area contributed by atoms with Gasteiger partial charge in [0.05, 0.1) is 5.69 Å². The molecule has 1 heterocycles. The van der Waals surface area contributed by atoms with Crippen molar-refractivity contribution in [3.05, 3.63) is 254 Å². The van der Waals surface area contributed by atoms with Crippen LogP contribution in [0.1, 0.15) is 17.9 Å². The van der Waals surface area contributed by atoms with Crippen LogP contribution in [-0.2, 0) is 0 Å². The predicted octanol–water partition coefficient (Wildman–Crippen LogP) is 18.0. The van der Waals surface area contributed by atoms with Crippen LogP contribution in [0.5, 0.6) is 0 Å². The van der Waals surface area contributed by atoms with E-state index >= 15 is 0 Å². The molecule has 0 bridgehead atoms. The molecular formula is C64H43NO. The normalized spacial score (nSPS) is 13.9. The molecular weight excluding hydrogens is 799 g/mol. The molecule has 0 amide bonds. The maximum Gasteiger partial charge on any atom is 0.136 e. The van der Waals surface area contributed by atoms with Crippen molar-refractivity contribution in [1.29, 1.82) is 0 Å². The third-order valence-corrected chi connectivity index (χ3v) is 13.7. The highest BCUT2D eigenvalue weighted by Crippen LogP contribution is 2.44. The second-order valence-corrected chi connectivity index (χ2v) is 17.6. The minimum Gasteiger partial charge on any atom is -0.456 e. The Kier molecular flexibility index (Phi) is 9.02. The number of para-hydroxylation sites is 1. The van der Waals surface area contributed by atoms with Crippen molar-refractivity contribution >= 4 is 76.4 Å². The first-order valence-electron chi connectivity index (χ1n) is 22.9. The van der Waals surface area contributed by atoms with Crippen LogP contribution in [0.2, 0.25) is 0 Å². The molecule has 0 aliphatic heterocycles. The fourth-order valence-corrected chi connectivity index (χ4v) is 10.4. The largest absolute Gasteiger partial charge is 0.456 e. The standard InChI is InChI=1S/C64H43NO/c1-2-13-45-37-50(25-24-42(45)12-1)47-18-11-17-46(36-47)43-26-31-53(32-27-43)65(54-33-28-44(29-34-54)59-39-51-16-5-6-19-55(51)57-21-7-8-22-58(57)59)62-23-10-9-20-56(62)52-30-35-63-60(40-52)61-38-48-14-3-4-15-49(48)41-64(61)66-63/h1-26,28-41,43H,27H2. The maximum absolute atomic E-state index is 6.46. The van der Waals surface area contributed by atoms with E-state index in [1.54, 1.807) is 0 Å². The molecule has 1 aliphatic carbocycles. The number of anilines is 2. The predicted molar refractivity (Wildman–Crippen MR) is 280 cm³/mol. The number of benzene rings is 11. The average molecular weight is 842 g/mol. The lowest BCUT2D eigenvalue weighted by molar-refractivity contribution is 0.669. The van der Waals surface area contributed by atoms with Gasteiger partial charge in [-0.15, -0.1) is 0 Å². The molecule has 0 saturated carbocycles. The van der Waals surface area contributed by atoms with Gasteiger partial charge in [0, 0.05) is 33.6 Å². The van der Waals surface area contributed by atoms with Crippen molar-refractivity contribution in [1.82, 2.24) is 0 Å². The lowest BCUT2D eigenvalue weighted by atomic mass is 9.89. The van der Waals surface area contributed by atoms with Gasteiger partial charge in [-0.1, -0.05) is 182 Å². The fourth-order valence-electron chi connectivity index (χ4n) is 10.4. The Labute approximate surface area is 383 Å². The Hall–Kier alpha value is -8.46. The minimum absolute atomic E-state index is 0.252. The van der Waals surface area contributed by atoms with Crippen LogP contribution in [0.25, 0.3) is 98.4 Å². The highest BCUT2D eigenvalue weighted by Gasteiger charge is 2.22. The first-order valence-corrected chi connectivity index (χ1v) is 22.9. The highest BCUT2D eigenvalue weighted by molar-refractivity contribution is 6.14. The molecule has 0 fully saturated rings. The molecule has 0 saturated heterocycles. The lowest BCUT2D eigenvalue weighted by Gasteiger charge is -2.31. The molecule has 0 N–H and O–H groups in total. The van der Waals surface area contributed by atoms with Crippen LogP contribution in [0.3, 0.4) is 0 Å². The summed E-state index contributed by atoms with van der Waals surface area (Å²) in [6.07, 6.45) is 8.03. The molecule has 1 aliphatic rings. The second-order valence-electron chi connectivity index (χ2n) is 17.6. The molecule has 1 aromatic heterocycles. The number of rotatable bonds is 7. The summed E-state index contributed by atoms with van der Waals surface area (Å²) in [4.78, 5) is 2.45. The van der Waals surface area contributed by atoms with Crippen molar-refractivity contribution in [2.75, 3.05) is 4.90 Å². The van der Waals surface area contributed by atoms with Crippen LogP contribution in [-0.4, -0.2) is 0 Å². The Balaban J connectivity index is 0.909. The van der Waals surface area contributed by atoms with E-state index in [9.17, 15) is 0 Å². The first-order chi connectivity index (χ1) is 32.7. The van der Waals surface area contributed by atoms with Gasteiger partial charge in [-0.2, -0.15) is 0 Å². The summed E-state index contributed by atoms with van der Waals surface area (Å²) in [6.45, 7) is 0. The van der Waals surface area contributed by atoms with E-state index in [1.807, 2.05) is 0 Å². The summed E-state index contributed by atoms with van der Waals surface area (Å²) < 4.78 is 6.46. The Morgan fingerprint density at radius 1 is 0.379 bits per heavy atom. The summed E-state index contributed by atoms with van der Waals surface area (Å²) in [5.74, 6) is 0.252. The van der Waals surface area contributed by atoms with Crippen LogP contribution in [0.4, 0.5) is 11.4 Å². The zero-order valence-corrected chi connectivity index (χ0v) is 36.2. The van der Waals surface area contributed by atoms with Gasteiger partial charge in [-0.25, -0.2) is 0 Å². The summed E-state index contributed by atoms with van der Waals surface area (Å²) in [6, 6.07) is 81.9. The number of allylic oxidation sites excluding steroid dienone is 3. The van der Waals surface area contributed by atoms with E-state index in [0.717, 1.165) is 56.6 Å². The Morgan fingerprint density at radius 3 is 1.85 bits per heavy atom. The lowest BCUT2D eigenvalue weighted by Crippen LogP contribution is -2.18. The first kappa shape index (κ1) is 38.0. The molecule has 13 rings (SSSR count). The van der Waals surface area contributed by atoms with Gasteiger partial charge in [-0.05, 0) is 144 Å². The molecule has 2 heteroatoms. The maximum atomic E-state index is 6.46. The van der Waals surface area contributed by atoms with Gasteiger partial charge < -0.3 is 9.32 Å². The minimum atomic E-state index is 0.252. The summed E-state index contributed by atoms with van der Waals surface area (Å²) in [7, 11) is 0. The third kappa shape index (κ3) is 6.57. The number of hydrogen-bond acceptors (Lipinski definition) is 2. The van der Waals surface area contributed by atoms with Crippen LogP contribution >= 0.6 is 0 Å². The Bertz CT molecular complexity index is 3920. The number of hydrogen-bond donors (Lipinski definition) is 0. The van der Waals surface area contributed by atoms with E-state index in [-0.39, 0.29) is 5.92 Å². The quantitative estimate of drug-likeness (QED) is 0.149. The zero-order chi connectivity index (χ0) is 43.6. The second kappa shape index (κ2) is 15.7. The molecule has 12 aromatic rings. The summed E-state index contributed by atoms with van der Waals surface area (Å²) in [5.41, 5.74) is 13.7. The van der Waals surface area contributed by atoms with E-state index in [4.69, 9.17) is 4.42 Å². The summed E-state index contributed by atoms with van der Waals surface area (Å²) in [5, 5.41) is 12.2. The van der Waals surface area contributed by atoms with E-state index < -0.39 is 0 Å². The van der Waals surface area contributed by atoms with Gasteiger partial charge in [0.25, 0.3) is 0 Å². The number of nitrogens with zero attached hydrogens (tertiary/aromatic N) is 1. The third-order valence-electron chi connectivity index (χ3n) is 13.7. The van der Waals surface area contributed by atoms with Crippen molar-refractivity contribution in [2.45, 2.75) is 12.3 Å². The topological polar surface area (TPSA) is 16.4 Å². The highest BCUT2D eigenvalue weighted by atomic mass is 16.3. The monoisotopic (exact) mass is 841 g/mol. The van der Waals surface area contributed by atoms with Crippen LogP contribution in [0, 0.1) is 0 Å². The molecule has 310 valence electrons. The van der Waals surface area contributed by atoms with Gasteiger partial charge >= 0.3 is 0 Å². The van der Waals surface area contributed by atoms with Crippen molar-refractivity contribution in [3.8, 4) is 33.4 Å². The van der Waals surface area contributed by atoms with Crippen molar-refractivity contribution < 1.29 is 4.42 Å². The number of furan rings is 1. The van der Waals surface area contributed by atoms with Gasteiger partial charge in [0.1, 0.15) is 11.2 Å². The molecule has 1 unspecified atom stereocenters. The zero-order valence-electron chi connectivity index (χ0n) is 36.2. The average Bonchev–Trinajstić information content (AvgIpc) is 3.74. The smallest absolute Gasteiger partial charge is 0.136 e. The molecule has 0 radical (unpaired) electrons. The van der Waals surface area contributed by atoms with E-state index in [1.165, 1.54) is 70.9 Å². The molecule has 11 aromatic carbocycles.